The molecular weight excluding hydrogens is 208 g/mol. The predicted octanol–water partition coefficient (Wildman–Crippen LogP) is 1.97. The summed E-state index contributed by atoms with van der Waals surface area (Å²) in [5, 5.41) is 2.73. The van der Waals surface area contributed by atoms with Crippen molar-refractivity contribution >= 4 is 29.7 Å². The SMILES string of the molecule is CCN(C)C(=O)c1csc(C)n1.Cl. The first-order valence-corrected chi connectivity index (χ1v) is 4.70. The Labute approximate surface area is 88.2 Å². The summed E-state index contributed by atoms with van der Waals surface area (Å²) in [4.78, 5) is 17.2. The van der Waals surface area contributed by atoms with Gasteiger partial charge >= 0.3 is 0 Å². The molecule has 0 atom stereocenters. The van der Waals surface area contributed by atoms with Gasteiger partial charge in [-0.1, -0.05) is 0 Å². The van der Waals surface area contributed by atoms with Crippen molar-refractivity contribution < 1.29 is 4.79 Å². The van der Waals surface area contributed by atoms with E-state index in [-0.39, 0.29) is 18.3 Å². The molecule has 1 heterocycles. The third kappa shape index (κ3) is 2.97. The molecule has 0 saturated carbocycles. The maximum atomic E-state index is 11.5. The third-order valence-corrected chi connectivity index (χ3v) is 2.43. The van der Waals surface area contributed by atoms with Gasteiger partial charge in [-0.15, -0.1) is 23.7 Å². The van der Waals surface area contributed by atoms with E-state index in [1.807, 2.05) is 13.8 Å². The summed E-state index contributed by atoms with van der Waals surface area (Å²) in [6.07, 6.45) is 0. The summed E-state index contributed by atoms with van der Waals surface area (Å²) in [5.41, 5.74) is 0.557. The van der Waals surface area contributed by atoms with Gasteiger partial charge in [0.1, 0.15) is 5.69 Å². The zero-order valence-electron chi connectivity index (χ0n) is 7.90. The first-order chi connectivity index (χ1) is 5.65. The van der Waals surface area contributed by atoms with Crippen LogP contribution in [0.15, 0.2) is 5.38 Å². The van der Waals surface area contributed by atoms with Gasteiger partial charge in [-0.05, 0) is 13.8 Å². The highest BCUT2D eigenvalue weighted by Crippen LogP contribution is 2.09. The highest BCUT2D eigenvalue weighted by molar-refractivity contribution is 7.09. The molecule has 13 heavy (non-hydrogen) atoms. The van der Waals surface area contributed by atoms with E-state index in [4.69, 9.17) is 0 Å². The number of carbonyl (C=O) groups excluding carboxylic acids is 1. The molecule has 1 rings (SSSR count). The number of thiazole rings is 1. The lowest BCUT2D eigenvalue weighted by Gasteiger charge is -2.11. The summed E-state index contributed by atoms with van der Waals surface area (Å²) in [5.74, 6) is 0.00171. The second-order valence-corrected chi connectivity index (χ2v) is 3.63. The van der Waals surface area contributed by atoms with Crippen molar-refractivity contribution in [3.8, 4) is 0 Å². The Kier molecular flexibility index (Phi) is 4.95. The van der Waals surface area contributed by atoms with Crippen molar-refractivity contribution in [1.29, 1.82) is 0 Å². The van der Waals surface area contributed by atoms with E-state index in [0.29, 0.717) is 5.69 Å². The summed E-state index contributed by atoms with van der Waals surface area (Å²) in [6, 6.07) is 0. The zero-order valence-corrected chi connectivity index (χ0v) is 9.54. The summed E-state index contributed by atoms with van der Waals surface area (Å²) < 4.78 is 0. The van der Waals surface area contributed by atoms with Gasteiger partial charge in [-0.2, -0.15) is 0 Å². The minimum absolute atomic E-state index is 0. The largest absolute Gasteiger partial charge is 0.341 e. The van der Waals surface area contributed by atoms with Crippen LogP contribution in [0.5, 0.6) is 0 Å². The van der Waals surface area contributed by atoms with E-state index >= 15 is 0 Å². The van der Waals surface area contributed by atoms with Crippen LogP contribution in [-0.4, -0.2) is 29.4 Å². The lowest BCUT2D eigenvalue weighted by molar-refractivity contribution is 0.0797. The molecule has 74 valence electrons. The molecule has 0 bridgehead atoms. The quantitative estimate of drug-likeness (QED) is 0.764. The molecule has 1 amide bonds. The van der Waals surface area contributed by atoms with Crippen LogP contribution in [0.2, 0.25) is 0 Å². The minimum atomic E-state index is 0. The Balaban J connectivity index is 0.00000144. The number of rotatable bonds is 2. The minimum Gasteiger partial charge on any atom is -0.341 e. The van der Waals surface area contributed by atoms with Crippen LogP contribution in [0, 0.1) is 6.92 Å². The third-order valence-electron chi connectivity index (χ3n) is 1.66. The van der Waals surface area contributed by atoms with E-state index in [0.717, 1.165) is 11.6 Å². The first kappa shape index (κ1) is 12.4. The monoisotopic (exact) mass is 220 g/mol. The number of amides is 1. The van der Waals surface area contributed by atoms with Crippen LogP contribution < -0.4 is 0 Å². The molecule has 3 nitrogen and oxygen atoms in total. The van der Waals surface area contributed by atoms with Crippen LogP contribution >= 0.6 is 23.7 Å². The zero-order chi connectivity index (χ0) is 9.14. The molecule has 0 radical (unpaired) electrons. The Morgan fingerprint density at radius 2 is 2.31 bits per heavy atom. The van der Waals surface area contributed by atoms with Gasteiger partial charge in [0.25, 0.3) is 5.91 Å². The fourth-order valence-electron chi connectivity index (χ4n) is 0.801. The number of halogens is 1. The van der Waals surface area contributed by atoms with Gasteiger partial charge in [0.2, 0.25) is 0 Å². The van der Waals surface area contributed by atoms with Gasteiger partial charge in [0, 0.05) is 19.0 Å². The molecule has 0 unspecified atom stereocenters. The van der Waals surface area contributed by atoms with Crippen molar-refractivity contribution in [2.45, 2.75) is 13.8 Å². The van der Waals surface area contributed by atoms with Crippen molar-refractivity contribution in [1.82, 2.24) is 9.88 Å². The molecule has 0 aromatic carbocycles. The van der Waals surface area contributed by atoms with Crippen LogP contribution in [-0.2, 0) is 0 Å². The number of hydrogen-bond donors (Lipinski definition) is 0. The van der Waals surface area contributed by atoms with E-state index in [2.05, 4.69) is 4.98 Å². The first-order valence-electron chi connectivity index (χ1n) is 3.82. The van der Waals surface area contributed by atoms with E-state index in [1.165, 1.54) is 11.3 Å². The average Bonchev–Trinajstić information content (AvgIpc) is 2.49. The van der Waals surface area contributed by atoms with E-state index < -0.39 is 0 Å². The standard InChI is InChI=1S/C8H12N2OS.ClH/c1-4-10(3)8(11)7-5-12-6(2)9-7;/h5H,4H2,1-3H3;1H. The van der Waals surface area contributed by atoms with Crippen molar-refractivity contribution in [2.24, 2.45) is 0 Å². The second kappa shape index (κ2) is 5.19. The van der Waals surface area contributed by atoms with Crippen LogP contribution in [0.25, 0.3) is 0 Å². The number of hydrogen-bond acceptors (Lipinski definition) is 3. The van der Waals surface area contributed by atoms with Crippen molar-refractivity contribution in [2.75, 3.05) is 13.6 Å². The lowest BCUT2D eigenvalue weighted by Crippen LogP contribution is -2.26. The maximum absolute atomic E-state index is 11.5. The van der Waals surface area contributed by atoms with Crippen molar-refractivity contribution in [3.05, 3.63) is 16.1 Å². The average molecular weight is 221 g/mol. The normalized spacial score (nSPS) is 9.15. The van der Waals surface area contributed by atoms with Crippen molar-refractivity contribution in [3.63, 3.8) is 0 Å². The smallest absolute Gasteiger partial charge is 0.273 e. The van der Waals surface area contributed by atoms with Gasteiger partial charge in [0.05, 0.1) is 5.01 Å². The van der Waals surface area contributed by atoms with Crippen LogP contribution in [0.4, 0.5) is 0 Å². The molecule has 0 N–H and O–H groups in total. The fraction of sp³-hybridized carbons (Fsp3) is 0.500. The molecule has 0 fully saturated rings. The Morgan fingerprint density at radius 3 is 2.69 bits per heavy atom. The highest BCUT2D eigenvalue weighted by atomic mass is 35.5. The van der Waals surface area contributed by atoms with Crippen LogP contribution in [0.1, 0.15) is 22.4 Å². The number of carbonyl (C=O) groups is 1. The Bertz CT molecular complexity index is 287. The van der Waals surface area contributed by atoms with Gasteiger partial charge in [-0.3, -0.25) is 4.79 Å². The molecule has 0 aliphatic carbocycles. The maximum Gasteiger partial charge on any atom is 0.273 e. The molecular formula is C8H13ClN2OS. The molecule has 1 aromatic rings. The van der Waals surface area contributed by atoms with Crippen LogP contribution in [0.3, 0.4) is 0 Å². The number of nitrogens with zero attached hydrogens (tertiary/aromatic N) is 2. The Hall–Kier alpha value is -0.610. The molecule has 0 spiro atoms. The Morgan fingerprint density at radius 1 is 1.69 bits per heavy atom. The summed E-state index contributed by atoms with van der Waals surface area (Å²) in [7, 11) is 1.77. The number of aryl methyl sites for hydroxylation is 1. The topological polar surface area (TPSA) is 33.2 Å². The molecule has 0 saturated heterocycles. The van der Waals surface area contributed by atoms with Gasteiger partial charge in [-0.25, -0.2) is 4.98 Å². The second-order valence-electron chi connectivity index (χ2n) is 2.57. The lowest BCUT2D eigenvalue weighted by atomic mass is 10.4. The molecule has 5 heteroatoms. The number of aromatic nitrogens is 1. The van der Waals surface area contributed by atoms with E-state index in [1.54, 1.807) is 17.3 Å². The molecule has 0 aliphatic heterocycles. The summed E-state index contributed by atoms with van der Waals surface area (Å²) >= 11 is 1.50. The highest BCUT2D eigenvalue weighted by Gasteiger charge is 2.12. The predicted molar refractivity (Wildman–Crippen MR) is 56.7 cm³/mol. The fourth-order valence-corrected chi connectivity index (χ4v) is 1.39. The van der Waals surface area contributed by atoms with Gasteiger partial charge < -0.3 is 4.90 Å². The molecule has 1 aromatic heterocycles. The van der Waals surface area contributed by atoms with Gasteiger partial charge in [0.15, 0.2) is 0 Å². The summed E-state index contributed by atoms with van der Waals surface area (Å²) in [6.45, 7) is 4.56. The van der Waals surface area contributed by atoms with E-state index in [9.17, 15) is 4.79 Å². The molecule has 0 aliphatic rings.